The number of halogens is 1. The summed E-state index contributed by atoms with van der Waals surface area (Å²) in [5.74, 6) is 10.9. The summed E-state index contributed by atoms with van der Waals surface area (Å²) in [7, 11) is -2.29. The van der Waals surface area contributed by atoms with E-state index in [9.17, 15) is 12.8 Å². The summed E-state index contributed by atoms with van der Waals surface area (Å²) in [6.45, 7) is 0. The Morgan fingerprint density at radius 1 is 1.21 bits per heavy atom. The third kappa shape index (κ3) is 4.27. The van der Waals surface area contributed by atoms with Gasteiger partial charge in [-0.2, -0.15) is 13.5 Å². The standard InChI is InChI=1S/C17H17FN6O2S2.H2/c1-24(20)16(22-19)11-4-8-14(9-5-11)23-28(25,26)15-10-27-17(21-15)12-2-6-13(18)7-3-12;/h2-10,23H,19-20H2,1H3;1H/b22-16-;. The molecule has 0 amide bonds. The van der Waals surface area contributed by atoms with E-state index in [0.29, 0.717) is 27.7 Å². The van der Waals surface area contributed by atoms with Gasteiger partial charge >= 0.3 is 0 Å². The maximum absolute atomic E-state index is 13.0. The van der Waals surface area contributed by atoms with Crippen molar-refractivity contribution in [1.82, 2.24) is 9.99 Å². The van der Waals surface area contributed by atoms with Gasteiger partial charge in [0.05, 0.1) is 0 Å². The van der Waals surface area contributed by atoms with Gasteiger partial charge < -0.3 is 5.84 Å². The number of hydrogen-bond donors (Lipinski definition) is 3. The molecule has 28 heavy (non-hydrogen) atoms. The van der Waals surface area contributed by atoms with Crippen LogP contribution in [0.2, 0.25) is 0 Å². The van der Waals surface area contributed by atoms with Gasteiger partial charge in [-0.1, -0.05) is 0 Å². The Labute approximate surface area is 166 Å². The van der Waals surface area contributed by atoms with Gasteiger partial charge in [0, 0.05) is 30.7 Å². The largest absolute Gasteiger partial charge is 0.321 e. The quantitative estimate of drug-likeness (QED) is 0.251. The van der Waals surface area contributed by atoms with Crippen LogP contribution in [0.25, 0.3) is 10.6 Å². The van der Waals surface area contributed by atoms with E-state index in [0.717, 1.165) is 11.3 Å². The third-order valence-corrected chi connectivity index (χ3v) is 6.01. The Balaban J connectivity index is 0.00000300. The summed E-state index contributed by atoms with van der Waals surface area (Å²) in [5, 5.41) is 6.64. The third-order valence-electron chi connectivity index (χ3n) is 3.70. The van der Waals surface area contributed by atoms with Crippen LogP contribution in [-0.2, 0) is 10.0 Å². The Kier molecular flexibility index (Phi) is 5.58. The normalized spacial score (nSPS) is 12.0. The number of amidine groups is 1. The number of benzene rings is 2. The molecule has 0 aliphatic heterocycles. The van der Waals surface area contributed by atoms with Gasteiger partial charge in [-0.15, -0.1) is 11.3 Å². The van der Waals surface area contributed by atoms with Crippen molar-refractivity contribution in [1.29, 1.82) is 0 Å². The number of hydrogen-bond acceptors (Lipinski definition) is 7. The lowest BCUT2D eigenvalue weighted by Crippen LogP contribution is -2.34. The molecule has 1 aromatic heterocycles. The highest BCUT2D eigenvalue weighted by Gasteiger charge is 2.19. The molecule has 148 valence electrons. The molecular weight excluding hydrogens is 403 g/mol. The molecule has 1 heterocycles. The van der Waals surface area contributed by atoms with Gasteiger partial charge in [-0.05, 0) is 48.5 Å². The summed E-state index contributed by atoms with van der Waals surface area (Å²) in [6, 6.07) is 12.1. The number of rotatable bonds is 5. The van der Waals surface area contributed by atoms with E-state index < -0.39 is 10.0 Å². The van der Waals surface area contributed by atoms with Crippen LogP contribution in [0.15, 0.2) is 64.0 Å². The zero-order chi connectivity index (χ0) is 20.3. The molecule has 5 N–H and O–H groups in total. The SMILES string of the molecule is CN(N)/C(=N\N)c1ccc(NS(=O)(=O)c2csc(-c3ccc(F)cc3)n2)cc1.[HH]. The number of hydrazine groups is 1. The maximum atomic E-state index is 13.0. The zero-order valence-corrected chi connectivity index (χ0v) is 16.3. The Bertz CT molecular complexity index is 1100. The number of sulfonamides is 1. The molecule has 0 saturated heterocycles. The summed E-state index contributed by atoms with van der Waals surface area (Å²) in [4.78, 5) is 4.15. The maximum Gasteiger partial charge on any atom is 0.280 e. The van der Waals surface area contributed by atoms with Crippen molar-refractivity contribution in [2.75, 3.05) is 11.8 Å². The number of thiazole rings is 1. The highest BCUT2D eigenvalue weighted by atomic mass is 32.2. The van der Waals surface area contributed by atoms with Crippen LogP contribution in [0.3, 0.4) is 0 Å². The van der Waals surface area contributed by atoms with Crippen LogP contribution in [0, 0.1) is 5.82 Å². The zero-order valence-electron chi connectivity index (χ0n) is 14.7. The van der Waals surface area contributed by atoms with Crippen molar-refractivity contribution in [3.63, 3.8) is 0 Å². The van der Waals surface area contributed by atoms with Gasteiger partial charge in [0.15, 0.2) is 10.9 Å². The monoisotopic (exact) mass is 422 g/mol. The Morgan fingerprint density at radius 2 is 1.86 bits per heavy atom. The number of nitrogens with two attached hydrogens (primary N) is 2. The molecule has 3 rings (SSSR count). The minimum absolute atomic E-state index is 0. The van der Waals surface area contributed by atoms with Gasteiger partial charge in [-0.3, -0.25) is 9.73 Å². The van der Waals surface area contributed by atoms with E-state index in [-0.39, 0.29) is 12.3 Å². The van der Waals surface area contributed by atoms with Crippen molar-refractivity contribution >= 4 is 32.9 Å². The number of aromatic nitrogens is 1. The van der Waals surface area contributed by atoms with Crippen LogP contribution in [0.4, 0.5) is 10.1 Å². The fourth-order valence-electron chi connectivity index (χ4n) is 2.37. The van der Waals surface area contributed by atoms with Gasteiger partial charge in [0.25, 0.3) is 10.0 Å². The first-order valence-electron chi connectivity index (χ1n) is 7.91. The predicted molar refractivity (Wildman–Crippen MR) is 110 cm³/mol. The van der Waals surface area contributed by atoms with Crippen molar-refractivity contribution < 1.29 is 14.2 Å². The lowest BCUT2D eigenvalue weighted by Gasteiger charge is -2.14. The lowest BCUT2D eigenvalue weighted by atomic mass is 10.2. The van der Waals surface area contributed by atoms with E-state index >= 15 is 0 Å². The van der Waals surface area contributed by atoms with Crippen LogP contribution >= 0.6 is 11.3 Å². The van der Waals surface area contributed by atoms with Gasteiger partial charge in [0.1, 0.15) is 10.8 Å². The van der Waals surface area contributed by atoms with Crippen LogP contribution in [0.5, 0.6) is 0 Å². The lowest BCUT2D eigenvalue weighted by molar-refractivity contribution is 0.537. The smallest absolute Gasteiger partial charge is 0.280 e. The highest BCUT2D eigenvalue weighted by Crippen LogP contribution is 2.27. The summed E-state index contributed by atoms with van der Waals surface area (Å²) in [6.07, 6.45) is 0. The second-order valence-electron chi connectivity index (χ2n) is 5.74. The molecule has 2 aromatic carbocycles. The van der Waals surface area contributed by atoms with Crippen LogP contribution in [-0.4, -0.2) is 31.3 Å². The first-order valence-corrected chi connectivity index (χ1v) is 10.3. The molecule has 8 nitrogen and oxygen atoms in total. The van der Waals surface area contributed by atoms with Crippen molar-refractivity contribution in [2.45, 2.75) is 5.03 Å². The second kappa shape index (κ2) is 7.92. The fourth-order valence-corrected chi connectivity index (χ4v) is 4.53. The number of hydrazone groups is 1. The van der Waals surface area contributed by atoms with Crippen molar-refractivity contribution in [3.05, 3.63) is 65.3 Å². The van der Waals surface area contributed by atoms with E-state index in [4.69, 9.17) is 11.7 Å². The van der Waals surface area contributed by atoms with Crippen LogP contribution < -0.4 is 16.4 Å². The molecular formula is C17H19FN6O2S2. The number of anilines is 1. The average Bonchev–Trinajstić information content (AvgIpc) is 3.15. The Morgan fingerprint density at radius 3 is 2.43 bits per heavy atom. The van der Waals surface area contributed by atoms with Crippen LogP contribution in [0.1, 0.15) is 6.99 Å². The first-order chi connectivity index (χ1) is 13.3. The molecule has 11 heteroatoms. The van der Waals surface area contributed by atoms with Crippen molar-refractivity contribution in [2.24, 2.45) is 16.8 Å². The number of nitrogens with one attached hydrogen (secondary N) is 1. The van der Waals surface area contributed by atoms with Gasteiger partial charge in [-0.25, -0.2) is 15.2 Å². The molecule has 0 unspecified atom stereocenters. The fraction of sp³-hybridized carbons (Fsp3) is 0.0588. The molecule has 0 saturated carbocycles. The minimum Gasteiger partial charge on any atom is -0.321 e. The topological polar surface area (TPSA) is 127 Å². The van der Waals surface area contributed by atoms with E-state index in [1.165, 1.54) is 22.5 Å². The van der Waals surface area contributed by atoms with Crippen molar-refractivity contribution in [3.8, 4) is 10.6 Å². The predicted octanol–water partition coefficient (Wildman–Crippen LogP) is 2.42. The minimum atomic E-state index is -3.88. The number of nitrogens with zero attached hydrogens (tertiary/aromatic N) is 3. The highest BCUT2D eigenvalue weighted by molar-refractivity contribution is 7.92. The average molecular weight is 423 g/mol. The molecule has 0 atom stereocenters. The Hall–Kier alpha value is -3.02. The molecule has 0 bridgehead atoms. The molecule has 0 radical (unpaired) electrons. The van der Waals surface area contributed by atoms with E-state index in [2.05, 4.69) is 14.8 Å². The molecule has 0 aliphatic rings. The first kappa shape index (κ1) is 19.7. The molecule has 3 aromatic rings. The summed E-state index contributed by atoms with van der Waals surface area (Å²) < 4.78 is 40.7. The van der Waals surface area contributed by atoms with E-state index in [1.54, 1.807) is 43.4 Å². The summed E-state index contributed by atoms with van der Waals surface area (Å²) >= 11 is 1.16. The molecule has 0 spiro atoms. The van der Waals surface area contributed by atoms with E-state index in [1.807, 2.05) is 0 Å². The molecule has 0 aliphatic carbocycles. The second-order valence-corrected chi connectivity index (χ2v) is 8.23. The summed E-state index contributed by atoms with van der Waals surface area (Å²) in [5.41, 5.74) is 1.61. The molecule has 0 fully saturated rings. The van der Waals surface area contributed by atoms with Gasteiger partial charge in [0.2, 0.25) is 0 Å².